The number of hydrogen-bond donors (Lipinski definition) is 0. The van der Waals surface area contributed by atoms with Crippen LogP contribution < -0.4 is 0 Å². The van der Waals surface area contributed by atoms with Gasteiger partial charge in [0.1, 0.15) is 5.82 Å². The third-order valence-electron chi connectivity index (χ3n) is 2.04. The van der Waals surface area contributed by atoms with Crippen LogP contribution >= 0.6 is 15.9 Å². The second-order valence-corrected chi connectivity index (χ2v) is 4.27. The van der Waals surface area contributed by atoms with E-state index in [1.807, 2.05) is 12.1 Å². The maximum Gasteiger partial charge on any atom is 0.123 e. The molecule has 0 N–H and O–H groups in total. The van der Waals surface area contributed by atoms with Gasteiger partial charge < -0.3 is 0 Å². The fourth-order valence-corrected chi connectivity index (χ4v) is 1.85. The second kappa shape index (κ2) is 5.38. The highest BCUT2D eigenvalue weighted by Gasteiger charge is 2.05. The Labute approximate surface area is 87.3 Å². The van der Waals surface area contributed by atoms with Crippen molar-refractivity contribution in [2.24, 2.45) is 0 Å². The van der Waals surface area contributed by atoms with E-state index in [1.165, 1.54) is 25.0 Å². The first-order valence-electron chi connectivity index (χ1n) is 4.63. The largest absolute Gasteiger partial charge is 0.207 e. The Morgan fingerprint density at radius 3 is 2.46 bits per heavy atom. The Morgan fingerprint density at radius 2 is 1.92 bits per heavy atom. The van der Waals surface area contributed by atoms with E-state index in [0.717, 1.165) is 12.0 Å². The number of halogens is 2. The Hall–Kier alpha value is -0.370. The zero-order valence-electron chi connectivity index (χ0n) is 7.76. The minimum absolute atomic E-state index is 0.168. The summed E-state index contributed by atoms with van der Waals surface area (Å²) in [7, 11) is 0. The summed E-state index contributed by atoms with van der Waals surface area (Å²) in [6, 6.07) is 6.69. The molecule has 0 amide bonds. The van der Waals surface area contributed by atoms with Gasteiger partial charge in [-0.15, -0.1) is 0 Å². The minimum Gasteiger partial charge on any atom is -0.207 e. The number of benzene rings is 1. The van der Waals surface area contributed by atoms with Gasteiger partial charge in [0.05, 0.1) is 0 Å². The Morgan fingerprint density at radius 1 is 1.31 bits per heavy atom. The first-order valence-corrected chi connectivity index (χ1v) is 5.55. The number of unbranched alkanes of at least 4 members (excludes halogenated alkanes) is 1. The summed E-state index contributed by atoms with van der Waals surface area (Å²) >= 11 is 3.59. The predicted molar refractivity (Wildman–Crippen MR) is 57.6 cm³/mol. The molecule has 0 aliphatic rings. The van der Waals surface area contributed by atoms with E-state index in [1.54, 1.807) is 0 Å². The summed E-state index contributed by atoms with van der Waals surface area (Å²) in [6.45, 7) is 2.17. The van der Waals surface area contributed by atoms with Gasteiger partial charge in [-0.25, -0.2) is 4.39 Å². The number of alkyl halides is 1. The summed E-state index contributed by atoms with van der Waals surface area (Å²) in [4.78, 5) is 0.369. The van der Waals surface area contributed by atoms with E-state index < -0.39 is 0 Å². The lowest BCUT2D eigenvalue weighted by Crippen LogP contribution is -1.89. The molecule has 1 aromatic carbocycles. The van der Waals surface area contributed by atoms with Crippen molar-refractivity contribution in [3.63, 3.8) is 0 Å². The van der Waals surface area contributed by atoms with Crippen LogP contribution in [0.3, 0.4) is 0 Å². The monoisotopic (exact) mass is 244 g/mol. The van der Waals surface area contributed by atoms with Gasteiger partial charge in [-0.2, -0.15) is 0 Å². The fourth-order valence-electron chi connectivity index (χ4n) is 1.22. The standard InChI is InChI=1S/C11H14BrF/c1-2-3-4-11(12)9-5-7-10(13)8-6-9/h5-8,11H,2-4H2,1H3. The smallest absolute Gasteiger partial charge is 0.123 e. The van der Waals surface area contributed by atoms with Gasteiger partial charge >= 0.3 is 0 Å². The van der Waals surface area contributed by atoms with Gasteiger partial charge in [-0.1, -0.05) is 47.8 Å². The maximum absolute atomic E-state index is 12.6. The molecule has 0 aliphatic carbocycles. The molecule has 0 saturated carbocycles. The second-order valence-electron chi connectivity index (χ2n) is 3.16. The molecule has 0 heterocycles. The van der Waals surface area contributed by atoms with Crippen molar-refractivity contribution < 1.29 is 4.39 Å². The molecule has 0 fully saturated rings. The predicted octanol–water partition coefficient (Wildman–Crippen LogP) is 4.45. The molecule has 0 bridgehead atoms. The van der Waals surface area contributed by atoms with E-state index in [2.05, 4.69) is 22.9 Å². The van der Waals surface area contributed by atoms with E-state index >= 15 is 0 Å². The van der Waals surface area contributed by atoms with Crippen molar-refractivity contribution in [3.8, 4) is 0 Å². The highest BCUT2D eigenvalue weighted by atomic mass is 79.9. The van der Waals surface area contributed by atoms with E-state index in [9.17, 15) is 4.39 Å². The molecule has 1 unspecified atom stereocenters. The van der Waals surface area contributed by atoms with Crippen LogP contribution in [0.25, 0.3) is 0 Å². The summed E-state index contributed by atoms with van der Waals surface area (Å²) in [5, 5.41) is 0. The van der Waals surface area contributed by atoms with Gasteiger partial charge in [-0.3, -0.25) is 0 Å². The Balaban J connectivity index is 2.55. The molecule has 0 aromatic heterocycles. The first-order chi connectivity index (χ1) is 6.24. The highest BCUT2D eigenvalue weighted by molar-refractivity contribution is 9.09. The molecule has 13 heavy (non-hydrogen) atoms. The van der Waals surface area contributed by atoms with Crippen LogP contribution in [0.5, 0.6) is 0 Å². The first kappa shape index (κ1) is 10.7. The summed E-state index contributed by atoms with van der Waals surface area (Å²) in [5.74, 6) is -0.168. The summed E-state index contributed by atoms with van der Waals surface area (Å²) < 4.78 is 12.6. The summed E-state index contributed by atoms with van der Waals surface area (Å²) in [5.41, 5.74) is 1.16. The normalized spacial score (nSPS) is 12.8. The molecule has 1 aromatic rings. The molecule has 0 spiro atoms. The zero-order valence-corrected chi connectivity index (χ0v) is 9.35. The van der Waals surface area contributed by atoms with Crippen molar-refractivity contribution in [1.29, 1.82) is 0 Å². The van der Waals surface area contributed by atoms with Crippen molar-refractivity contribution in [2.45, 2.75) is 31.0 Å². The molecular weight excluding hydrogens is 231 g/mol. The van der Waals surface area contributed by atoms with E-state index in [0.29, 0.717) is 4.83 Å². The quantitative estimate of drug-likeness (QED) is 0.687. The third kappa shape index (κ3) is 3.47. The van der Waals surface area contributed by atoms with Gasteiger partial charge in [0.25, 0.3) is 0 Å². The third-order valence-corrected chi connectivity index (χ3v) is 3.03. The molecule has 0 nitrogen and oxygen atoms in total. The van der Waals surface area contributed by atoms with Crippen molar-refractivity contribution in [1.82, 2.24) is 0 Å². The van der Waals surface area contributed by atoms with Crippen LogP contribution in [0.2, 0.25) is 0 Å². The lowest BCUT2D eigenvalue weighted by Gasteiger charge is -2.08. The van der Waals surface area contributed by atoms with Crippen molar-refractivity contribution in [2.75, 3.05) is 0 Å². The van der Waals surface area contributed by atoms with Crippen LogP contribution in [-0.4, -0.2) is 0 Å². The fraction of sp³-hybridized carbons (Fsp3) is 0.455. The lowest BCUT2D eigenvalue weighted by molar-refractivity contribution is 0.626. The van der Waals surface area contributed by atoms with Crippen LogP contribution in [0.15, 0.2) is 24.3 Å². The van der Waals surface area contributed by atoms with E-state index in [-0.39, 0.29) is 5.82 Å². The van der Waals surface area contributed by atoms with E-state index in [4.69, 9.17) is 0 Å². The Bertz CT molecular complexity index is 243. The van der Waals surface area contributed by atoms with Gasteiger partial charge in [-0.05, 0) is 24.1 Å². The van der Waals surface area contributed by atoms with Crippen LogP contribution in [0.4, 0.5) is 4.39 Å². The number of rotatable bonds is 4. The average molecular weight is 245 g/mol. The van der Waals surface area contributed by atoms with Crippen LogP contribution in [0.1, 0.15) is 36.6 Å². The topological polar surface area (TPSA) is 0 Å². The molecule has 2 heteroatoms. The van der Waals surface area contributed by atoms with Crippen molar-refractivity contribution in [3.05, 3.63) is 35.6 Å². The summed E-state index contributed by atoms with van der Waals surface area (Å²) in [6.07, 6.45) is 3.51. The molecule has 1 atom stereocenters. The molecule has 1 rings (SSSR count). The van der Waals surface area contributed by atoms with Gasteiger partial charge in [0.2, 0.25) is 0 Å². The molecule has 0 radical (unpaired) electrons. The lowest BCUT2D eigenvalue weighted by atomic mass is 10.1. The van der Waals surface area contributed by atoms with Gasteiger partial charge in [0.15, 0.2) is 0 Å². The SMILES string of the molecule is CCCCC(Br)c1ccc(F)cc1. The maximum atomic E-state index is 12.6. The van der Waals surface area contributed by atoms with Crippen molar-refractivity contribution >= 4 is 15.9 Å². The molecule has 0 saturated heterocycles. The molecule has 0 aliphatic heterocycles. The van der Waals surface area contributed by atoms with Gasteiger partial charge in [0, 0.05) is 4.83 Å². The number of hydrogen-bond acceptors (Lipinski definition) is 0. The van der Waals surface area contributed by atoms with Crippen LogP contribution in [0, 0.1) is 5.82 Å². The minimum atomic E-state index is -0.168. The highest BCUT2D eigenvalue weighted by Crippen LogP contribution is 2.28. The average Bonchev–Trinajstić information content (AvgIpc) is 2.15. The zero-order chi connectivity index (χ0) is 9.68. The van der Waals surface area contributed by atoms with Crippen LogP contribution in [-0.2, 0) is 0 Å². The molecular formula is C11H14BrF. The Kier molecular flexibility index (Phi) is 4.43. The molecule has 72 valence electrons.